The molecule has 0 radical (unpaired) electrons. The van der Waals surface area contributed by atoms with Crippen molar-refractivity contribution in [3.05, 3.63) is 0 Å². The number of carboxylic acids is 1. The number of hydrogen-bond donors (Lipinski definition) is 3. The summed E-state index contributed by atoms with van der Waals surface area (Å²) in [7, 11) is 0. The van der Waals surface area contributed by atoms with Crippen molar-refractivity contribution in [2.75, 3.05) is 13.2 Å². The van der Waals surface area contributed by atoms with Crippen LogP contribution >= 0.6 is 0 Å². The van der Waals surface area contributed by atoms with Crippen molar-refractivity contribution in [2.24, 2.45) is 0 Å². The molecule has 0 saturated carbocycles. The van der Waals surface area contributed by atoms with E-state index in [4.69, 9.17) is 20.1 Å². The molecule has 0 spiro atoms. The summed E-state index contributed by atoms with van der Waals surface area (Å²) in [5.74, 6) is -0.952. The Hall–Kier alpha value is -1.14. The summed E-state index contributed by atoms with van der Waals surface area (Å²) in [5.41, 5.74) is 0. The van der Waals surface area contributed by atoms with Gasteiger partial charge in [0.15, 0.2) is 0 Å². The Labute approximate surface area is 178 Å². The van der Waals surface area contributed by atoms with Gasteiger partial charge >= 0.3 is 11.9 Å². The number of carbonyl (C=O) groups excluding carboxylic acids is 1. The standard InChI is InChI=1S/C12H24O2.C11H22O4/c1-2-3-4-5-6-7-8-9-10-11-12(13)14;1-2-3-4-5-6-7-11(14)15-9-10(13)8-12/h2-11H2,1H3,(H,13,14);10,12-13H,2-9H2,1H3. The topological polar surface area (TPSA) is 104 Å². The first-order chi connectivity index (χ1) is 14.0. The SMILES string of the molecule is CCCCCCCC(=O)OCC(O)CO.CCCCCCCCCCCC(=O)O. The second kappa shape index (κ2) is 24.9. The number of carbonyl (C=O) groups is 2. The summed E-state index contributed by atoms with van der Waals surface area (Å²) in [4.78, 5) is 21.3. The molecule has 0 rings (SSSR count). The first-order valence-electron chi connectivity index (χ1n) is 11.6. The number of carboxylic acid groups (broad SMARTS) is 1. The molecule has 1 atom stereocenters. The summed E-state index contributed by atoms with van der Waals surface area (Å²) in [6, 6.07) is 0. The lowest BCUT2D eigenvalue weighted by molar-refractivity contribution is -0.147. The fourth-order valence-electron chi connectivity index (χ4n) is 2.77. The fourth-order valence-corrected chi connectivity index (χ4v) is 2.77. The summed E-state index contributed by atoms with van der Waals surface area (Å²) >= 11 is 0. The molecule has 174 valence electrons. The largest absolute Gasteiger partial charge is 0.481 e. The second-order valence-corrected chi connectivity index (χ2v) is 7.66. The van der Waals surface area contributed by atoms with Crippen LogP contribution in [0.25, 0.3) is 0 Å². The molecular formula is C23H46O6. The van der Waals surface area contributed by atoms with Crippen LogP contribution in [0, 0.1) is 0 Å². The van der Waals surface area contributed by atoms with Crippen molar-refractivity contribution in [1.82, 2.24) is 0 Å². The van der Waals surface area contributed by atoms with Crippen LogP contribution < -0.4 is 0 Å². The van der Waals surface area contributed by atoms with E-state index in [-0.39, 0.29) is 19.2 Å². The van der Waals surface area contributed by atoms with Gasteiger partial charge in [0.1, 0.15) is 12.7 Å². The Bertz CT molecular complexity index is 359. The van der Waals surface area contributed by atoms with Crippen LogP contribution in [0.3, 0.4) is 0 Å². The Morgan fingerprint density at radius 1 is 0.724 bits per heavy atom. The molecule has 0 aromatic carbocycles. The monoisotopic (exact) mass is 418 g/mol. The number of hydrogen-bond acceptors (Lipinski definition) is 5. The number of unbranched alkanes of at least 4 members (excludes halogenated alkanes) is 12. The lowest BCUT2D eigenvalue weighted by Crippen LogP contribution is -2.21. The molecular weight excluding hydrogens is 372 g/mol. The minimum Gasteiger partial charge on any atom is -0.481 e. The number of aliphatic carboxylic acids is 1. The molecule has 0 aliphatic rings. The van der Waals surface area contributed by atoms with Crippen LogP contribution in [0.15, 0.2) is 0 Å². The lowest BCUT2D eigenvalue weighted by Gasteiger charge is -2.08. The molecule has 0 aromatic rings. The molecule has 1 unspecified atom stereocenters. The van der Waals surface area contributed by atoms with Crippen LogP contribution in [0.4, 0.5) is 0 Å². The normalized spacial score (nSPS) is 11.4. The summed E-state index contributed by atoms with van der Waals surface area (Å²) in [5, 5.41) is 25.8. The van der Waals surface area contributed by atoms with Crippen LogP contribution in [-0.4, -0.2) is 46.6 Å². The third kappa shape index (κ3) is 29.2. The Morgan fingerprint density at radius 3 is 1.55 bits per heavy atom. The van der Waals surface area contributed by atoms with Gasteiger partial charge in [-0.25, -0.2) is 0 Å². The van der Waals surface area contributed by atoms with Crippen molar-refractivity contribution in [1.29, 1.82) is 0 Å². The minimum absolute atomic E-state index is 0.107. The van der Waals surface area contributed by atoms with E-state index < -0.39 is 12.1 Å². The number of ether oxygens (including phenoxy) is 1. The third-order valence-electron chi connectivity index (χ3n) is 4.63. The lowest BCUT2D eigenvalue weighted by atomic mass is 10.1. The van der Waals surface area contributed by atoms with Crippen LogP contribution in [0.2, 0.25) is 0 Å². The van der Waals surface area contributed by atoms with Crippen LogP contribution in [-0.2, 0) is 14.3 Å². The van der Waals surface area contributed by atoms with Gasteiger partial charge in [-0.15, -0.1) is 0 Å². The first-order valence-corrected chi connectivity index (χ1v) is 11.6. The molecule has 6 heteroatoms. The summed E-state index contributed by atoms with van der Waals surface area (Å²) in [6.45, 7) is 3.89. The van der Waals surface area contributed by atoms with Gasteiger partial charge in [0.05, 0.1) is 6.61 Å². The first kappa shape index (κ1) is 30.1. The molecule has 0 aliphatic carbocycles. The van der Waals surface area contributed by atoms with E-state index in [0.717, 1.165) is 32.1 Å². The number of aliphatic hydroxyl groups excluding tert-OH is 2. The maximum Gasteiger partial charge on any atom is 0.305 e. The average Bonchev–Trinajstić information content (AvgIpc) is 2.71. The maximum atomic E-state index is 11.1. The Kier molecular flexibility index (Phi) is 25.8. The van der Waals surface area contributed by atoms with E-state index in [0.29, 0.717) is 12.8 Å². The van der Waals surface area contributed by atoms with Gasteiger partial charge in [-0.3, -0.25) is 9.59 Å². The highest BCUT2D eigenvalue weighted by Gasteiger charge is 2.07. The molecule has 6 nitrogen and oxygen atoms in total. The molecule has 0 amide bonds. The van der Waals surface area contributed by atoms with Crippen LogP contribution in [0.1, 0.15) is 117 Å². The van der Waals surface area contributed by atoms with E-state index in [1.54, 1.807) is 0 Å². The van der Waals surface area contributed by atoms with E-state index in [1.165, 1.54) is 57.8 Å². The van der Waals surface area contributed by atoms with Gasteiger partial charge in [0.25, 0.3) is 0 Å². The van der Waals surface area contributed by atoms with Gasteiger partial charge < -0.3 is 20.1 Å². The average molecular weight is 419 g/mol. The number of esters is 1. The van der Waals surface area contributed by atoms with E-state index >= 15 is 0 Å². The zero-order valence-corrected chi connectivity index (χ0v) is 18.9. The summed E-state index contributed by atoms with van der Waals surface area (Å²) < 4.78 is 4.75. The third-order valence-corrected chi connectivity index (χ3v) is 4.63. The zero-order chi connectivity index (χ0) is 22.2. The Balaban J connectivity index is 0. The highest BCUT2D eigenvalue weighted by atomic mass is 16.5. The van der Waals surface area contributed by atoms with E-state index in [9.17, 15) is 9.59 Å². The fraction of sp³-hybridized carbons (Fsp3) is 0.913. The van der Waals surface area contributed by atoms with Gasteiger partial charge in [0.2, 0.25) is 0 Å². The highest BCUT2D eigenvalue weighted by Crippen LogP contribution is 2.10. The van der Waals surface area contributed by atoms with Crippen molar-refractivity contribution in [3.63, 3.8) is 0 Å². The van der Waals surface area contributed by atoms with Gasteiger partial charge in [-0.2, -0.15) is 0 Å². The molecule has 0 saturated heterocycles. The molecule has 29 heavy (non-hydrogen) atoms. The van der Waals surface area contributed by atoms with Crippen molar-refractivity contribution >= 4 is 11.9 Å². The highest BCUT2D eigenvalue weighted by molar-refractivity contribution is 5.69. The molecule has 0 aromatic heterocycles. The minimum atomic E-state index is -0.950. The molecule has 0 heterocycles. The second-order valence-electron chi connectivity index (χ2n) is 7.66. The smallest absolute Gasteiger partial charge is 0.305 e. The van der Waals surface area contributed by atoms with Crippen molar-refractivity contribution in [3.8, 4) is 0 Å². The molecule has 0 aliphatic heterocycles. The van der Waals surface area contributed by atoms with Gasteiger partial charge in [0, 0.05) is 12.8 Å². The molecule has 0 bridgehead atoms. The maximum absolute atomic E-state index is 11.1. The van der Waals surface area contributed by atoms with Crippen molar-refractivity contribution < 1.29 is 29.6 Å². The predicted octanol–water partition coefficient (Wildman–Crippen LogP) is 5.24. The quantitative estimate of drug-likeness (QED) is 0.196. The Morgan fingerprint density at radius 2 is 1.14 bits per heavy atom. The van der Waals surface area contributed by atoms with Crippen molar-refractivity contribution in [2.45, 2.75) is 123 Å². The van der Waals surface area contributed by atoms with Gasteiger partial charge in [-0.05, 0) is 12.8 Å². The number of rotatable bonds is 19. The molecule has 0 fully saturated rings. The zero-order valence-electron chi connectivity index (χ0n) is 18.9. The van der Waals surface area contributed by atoms with E-state index in [1.807, 2.05) is 0 Å². The summed E-state index contributed by atoms with van der Waals surface area (Å²) in [6.07, 6.45) is 16.4. The molecule has 3 N–H and O–H groups in total. The predicted molar refractivity (Wildman–Crippen MR) is 117 cm³/mol. The van der Waals surface area contributed by atoms with Gasteiger partial charge in [-0.1, -0.05) is 90.9 Å². The number of aliphatic hydroxyl groups is 2. The van der Waals surface area contributed by atoms with E-state index in [2.05, 4.69) is 13.8 Å². The van der Waals surface area contributed by atoms with Crippen LogP contribution in [0.5, 0.6) is 0 Å².